The number of hydrogen-bond donors (Lipinski definition) is 0. The fraction of sp³-hybridized carbons (Fsp3) is 0. The van der Waals surface area contributed by atoms with Crippen LogP contribution in [0.5, 0.6) is 0 Å². The topological polar surface area (TPSA) is 25.8 Å². The van der Waals surface area contributed by atoms with Crippen LogP contribution < -0.4 is 0 Å². The lowest BCUT2D eigenvalue weighted by Gasteiger charge is -1.87. The predicted molar refractivity (Wildman–Crippen MR) is 68.2 cm³/mol. The van der Waals surface area contributed by atoms with Gasteiger partial charge in [-0.2, -0.15) is 0 Å². The molecule has 14 heavy (non-hydrogen) atoms. The van der Waals surface area contributed by atoms with Gasteiger partial charge >= 0.3 is 0 Å². The lowest BCUT2D eigenvalue weighted by Crippen LogP contribution is -1.68. The highest BCUT2D eigenvalue weighted by Crippen LogP contribution is 2.36. The molecule has 0 spiro atoms. The molecule has 0 aliphatic rings. The van der Waals surface area contributed by atoms with Crippen molar-refractivity contribution in [3.05, 3.63) is 20.0 Å². The molecule has 0 saturated carbocycles. The molecule has 0 amide bonds. The number of nitrogens with zero attached hydrogens (tertiary/aromatic N) is 2. The molecular formula is C8H2Br2N2S2. The molecule has 6 heteroatoms. The maximum atomic E-state index is 4.37. The fourth-order valence-electron chi connectivity index (χ4n) is 1.32. The Balaban J connectivity index is 2.58. The van der Waals surface area contributed by atoms with Crippen LogP contribution in [0.15, 0.2) is 20.0 Å². The Morgan fingerprint density at radius 2 is 1.29 bits per heavy atom. The lowest BCUT2D eigenvalue weighted by molar-refractivity contribution is 1.44. The third-order valence-electron chi connectivity index (χ3n) is 1.86. The zero-order chi connectivity index (χ0) is 9.71. The molecular weight excluding hydrogens is 348 g/mol. The van der Waals surface area contributed by atoms with Gasteiger partial charge in [0.1, 0.15) is 0 Å². The molecule has 0 N–H and O–H groups in total. The van der Waals surface area contributed by atoms with Gasteiger partial charge in [-0.15, -0.1) is 22.7 Å². The van der Waals surface area contributed by atoms with Gasteiger partial charge in [0, 0.05) is 0 Å². The highest BCUT2D eigenvalue weighted by atomic mass is 79.9. The Kier molecular flexibility index (Phi) is 2.12. The number of rotatable bonds is 0. The van der Waals surface area contributed by atoms with Gasteiger partial charge < -0.3 is 0 Å². The van der Waals surface area contributed by atoms with E-state index in [9.17, 15) is 0 Å². The molecule has 0 saturated heterocycles. The second-order valence-electron chi connectivity index (χ2n) is 2.70. The highest BCUT2D eigenvalue weighted by molar-refractivity contribution is 9.11. The monoisotopic (exact) mass is 348 g/mol. The number of fused-ring (bicyclic) bond motifs is 3. The first kappa shape index (κ1) is 9.21. The van der Waals surface area contributed by atoms with Crippen molar-refractivity contribution < 1.29 is 0 Å². The number of thiazole rings is 2. The van der Waals surface area contributed by atoms with Crippen molar-refractivity contribution in [3.63, 3.8) is 0 Å². The largest absolute Gasteiger partial charge is 0.229 e. The molecule has 3 aromatic rings. The van der Waals surface area contributed by atoms with Crippen LogP contribution in [-0.2, 0) is 0 Å². The minimum absolute atomic E-state index is 0.921. The SMILES string of the molecule is Brc1nc2ccc3nc(Br)sc3c2s1. The Hall–Kier alpha value is -0.0400. The summed E-state index contributed by atoms with van der Waals surface area (Å²) in [5.41, 5.74) is 2.07. The van der Waals surface area contributed by atoms with Crippen molar-refractivity contribution in [2.45, 2.75) is 0 Å². The van der Waals surface area contributed by atoms with Crippen molar-refractivity contribution in [1.29, 1.82) is 0 Å². The number of benzene rings is 1. The Labute approximate surface area is 104 Å². The lowest BCUT2D eigenvalue weighted by atomic mass is 10.3. The second kappa shape index (κ2) is 3.23. The summed E-state index contributed by atoms with van der Waals surface area (Å²) >= 11 is 10.1. The van der Waals surface area contributed by atoms with Gasteiger partial charge in [0.05, 0.1) is 20.4 Å². The van der Waals surface area contributed by atoms with E-state index >= 15 is 0 Å². The van der Waals surface area contributed by atoms with E-state index in [0.29, 0.717) is 0 Å². The van der Waals surface area contributed by atoms with Crippen LogP contribution in [0.3, 0.4) is 0 Å². The summed E-state index contributed by atoms with van der Waals surface area (Å²) in [5.74, 6) is 0. The maximum Gasteiger partial charge on any atom is 0.160 e. The minimum Gasteiger partial charge on any atom is -0.229 e. The van der Waals surface area contributed by atoms with E-state index in [4.69, 9.17) is 0 Å². The summed E-state index contributed by atoms with van der Waals surface area (Å²) in [5, 5.41) is 0. The fourth-order valence-corrected chi connectivity index (χ4v) is 4.38. The Bertz CT molecular complexity index is 573. The first-order chi connectivity index (χ1) is 6.74. The van der Waals surface area contributed by atoms with Gasteiger partial charge in [-0.3, -0.25) is 0 Å². The van der Waals surface area contributed by atoms with E-state index in [1.165, 1.54) is 9.40 Å². The third-order valence-corrected chi connectivity index (χ3v) is 5.07. The minimum atomic E-state index is 0.921. The molecule has 2 heterocycles. The van der Waals surface area contributed by atoms with Gasteiger partial charge in [0.15, 0.2) is 7.83 Å². The highest BCUT2D eigenvalue weighted by Gasteiger charge is 2.09. The molecule has 0 bridgehead atoms. The van der Waals surface area contributed by atoms with Gasteiger partial charge in [0.25, 0.3) is 0 Å². The standard InChI is InChI=1S/C8H2Br2N2S2/c9-7-11-3-1-2-4-6(5(3)13-7)14-8(10)12-4/h1-2H. The Morgan fingerprint density at radius 3 is 1.71 bits per heavy atom. The smallest absolute Gasteiger partial charge is 0.160 e. The van der Waals surface area contributed by atoms with E-state index < -0.39 is 0 Å². The summed E-state index contributed by atoms with van der Waals surface area (Å²) in [6, 6.07) is 4.01. The zero-order valence-corrected chi connectivity index (χ0v) is 11.4. The first-order valence-corrected chi connectivity index (χ1v) is 6.97. The van der Waals surface area contributed by atoms with Crippen LogP contribution in [0.25, 0.3) is 20.4 Å². The first-order valence-electron chi connectivity index (χ1n) is 3.75. The van der Waals surface area contributed by atoms with Crippen LogP contribution >= 0.6 is 54.5 Å². The average Bonchev–Trinajstić information content (AvgIpc) is 2.65. The van der Waals surface area contributed by atoms with Crippen LogP contribution in [-0.4, -0.2) is 9.97 Å². The van der Waals surface area contributed by atoms with Crippen molar-refractivity contribution in [2.75, 3.05) is 0 Å². The molecule has 1 aromatic carbocycles. The van der Waals surface area contributed by atoms with Crippen molar-refractivity contribution in [3.8, 4) is 0 Å². The van der Waals surface area contributed by atoms with Crippen LogP contribution in [0.2, 0.25) is 0 Å². The Morgan fingerprint density at radius 1 is 0.857 bits per heavy atom. The molecule has 0 radical (unpaired) electrons. The predicted octanol–water partition coefficient (Wildman–Crippen LogP) is 4.43. The summed E-state index contributed by atoms with van der Waals surface area (Å²) in [7, 11) is 0. The van der Waals surface area contributed by atoms with Crippen LogP contribution in [0.1, 0.15) is 0 Å². The third kappa shape index (κ3) is 1.32. The molecule has 70 valence electrons. The van der Waals surface area contributed by atoms with Crippen LogP contribution in [0.4, 0.5) is 0 Å². The molecule has 0 aliphatic carbocycles. The number of halogens is 2. The summed E-state index contributed by atoms with van der Waals surface area (Å²) < 4.78 is 4.25. The van der Waals surface area contributed by atoms with Gasteiger partial charge in [-0.1, -0.05) is 0 Å². The van der Waals surface area contributed by atoms with E-state index in [0.717, 1.165) is 18.9 Å². The molecule has 0 unspecified atom stereocenters. The van der Waals surface area contributed by atoms with Crippen molar-refractivity contribution in [1.82, 2.24) is 9.97 Å². The van der Waals surface area contributed by atoms with Crippen LogP contribution in [0, 0.1) is 0 Å². The van der Waals surface area contributed by atoms with Crippen molar-refractivity contribution in [2.24, 2.45) is 0 Å². The molecule has 0 fully saturated rings. The van der Waals surface area contributed by atoms with Gasteiger partial charge in [0.2, 0.25) is 0 Å². The molecule has 0 aliphatic heterocycles. The maximum absolute atomic E-state index is 4.37. The molecule has 2 aromatic heterocycles. The zero-order valence-electron chi connectivity index (χ0n) is 6.62. The van der Waals surface area contributed by atoms with E-state index in [1.54, 1.807) is 22.7 Å². The van der Waals surface area contributed by atoms with Gasteiger partial charge in [-0.05, 0) is 44.0 Å². The van der Waals surface area contributed by atoms with E-state index in [1.807, 2.05) is 12.1 Å². The average molecular weight is 350 g/mol. The number of hydrogen-bond acceptors (Lipinski definition) is 4. The normalized spacial score (nSPS) is 11.6. The van der Waals surface area contributed by atoms with Gasteiger partial charge in [-0.25, -0.2) is 9.97 Å². The van der Waals surface area contributed by atoms with E-state index in [-0.39, 0.29) is 0 Å². The molecule has 3 rings (SSSR count). The van der Waals surface area contributed by atoms with Crippen molar-refractivity contribution >= 4 is 75.0 Å². The van der Waals surface area contributed by atoms with E-state index in [2.05, 4.69) is 41.8 Å². The number of aromatic nitrogens is 2. The molecule has 2 nitrogen and oxygen atoms in total. The summed E-state index contributed by atoms with van der Waals surface area (Å²) in [6.07, 6.45) is 0. The molecule has 0 atom stereocenters. The summed E-state index contributed by atoms with van der Waals surface area (Å²) in [6.45, 7) is 0. The second-order valence-corrected chi connectivity index (χ2v) is 7.25. The quantitative estimate of drug-likeness (QED) is 0.600. The summed E-state index contributed by atoms with van der Waals surface area (Å²) in [4.78, 5) is 8.74.